The lowest BCUT2D eigenvalue weighted by Gasteiger charge is -1.93. The molecule has 0 saturated carbocycles. The number of imidazole rings is 1. The van der Waals surface area contributed by atoms with Crippen molar-refractivity contribution in [3.63, 3.8) is 0 Å². The normalized spacial score (nSPS) is 10.0. The highest BCUT2D eigenvalue weighted by Gasteiger charge is 2.00. The van der Waals surface area contributed by atoms with Gasteiger partial charge in [0.05, 0.1) is 0 Å². The lowest BCUT2D eigenvalue weighted by molar-refractivity contribution is 1.14. The van der Waals surface area contributed by atoms with Gasteiger partial charge in [-0.15, -0.1) is 0 Å². The van der Waals surface area contributed by atoms with Gasteiger partial charge >= 0.3 is 0 Å². The summed E-state index contributed by atoms with van der Waals surface area (Å²) in [4.78, 5) is 4.22. The first kappa shape index (κ1) is 7.55. The van der Waals surface area contributed by atoms with Gasteiger partial charge in [0.2, 0.25) is 0 Å². The second-order valence-corrected chi connectivity index (χ2v) is 3.42. The second-order valence-electron chi connectivity index (χ2n) is 2.31. The number of hydrogen-bond donors (Lipinski definition) is 0. The highest BCUT2D eigenvalue weighted by atomic mass is 127. The topological polar surface area (TPSA) is 41.1 Å². The van der Waals surface area contributed by atoms with Crippen molar-refractivity contribution >= 4 is 28.2 Å². The number of pyridine rings is 1. The Morgan fingerprint density at radius 2 is 2.33 bits per heavy atom. The van der Waals surface area contributed by atoms with Gasteiger partial charge in [-0.05, 0) is 34.7 Å². The van der Waals surface area contributed by atoms with Gasteiger partial charge in [0, 0.05) is 6.20 Å². The molecule has 0 aromatic carbocycles. The summed E-state index contributed by atoms with van der Waals surface area (Å²) in [5.41, 5.74) is 1.43. The van der Waals surface area contributed by atoms with E-state index in [9.17, 15) is 0 Å². The molecule has 0 aliphatic rings. The van der Waals surface area contributed by atoms with Gasteiger partial charge in [-0.1, -0.05) is 6.07 Å². The molecule has 2 aromatic heterocycles. The number of fused-ring (bicyclic) bond motifs is 1. The van der Waals surface area contributed by atoms with Crippen molar-refractivity contribution in [3.05, 3.63) is 33.8 Å². The lowest BCUT2D eigenvalue weighted by atomic mass is 10.4. The van der Waals surface area contributed by atoms with Crippen molar-refractivity contribution in [3.8, 4) is 6.07 Å². The van der Waals surface area contributed by atoms with Crippen LogP contribution in [0.1, 0.15) is 5.69 Å². The van der Waals surface area contributed by atoms with E-state index in [1.54, 1.807) is 10.5 Å². The van der Waals surface area contributed by atoms with E-state index in [1.165, 1.54) is 0 Å². The van der Waals surface area contributed by atoms with E-state index in [0.29, 0.717) is 5.69 Å². The number of rotatable bonds is 0. The maximum Gasteiger partial charge on any atom is 0.139 e. The van der Waals surface area contributed by atoms with Crippen molar-refractivity contribution in [2.45, 2.75) is 0 Å². The van der Waals surface area contributed by atoms with Gasteiger partial charge in [0.15, 0.2) is 0 Å². The van der Waals surface area contributed by atoms with E-state index in [1.807, 2.05) is 18.3 Å². The zero-order valence-corrected chi connectivity index (χ0v) is 8.19. The molecule has 0 fully saturated rings. The van der Waals surface area contributed by atoms with E-state index < -0.39 is 0 Å². The minimum atomic E-state index is 0.614. The molecule has 12 heavy (non-hydrogen) atoms. The zero-order valence-electron chi connectivity index (χ0n) is 6.03. The number of aromatic nitrogens is 2. The summed E-state index contributed by atoms with van der Waals surface area (Å²) < 4.78 is 2.68. The number of halogens is 1. The Bertz CT molecular complexity index is 467. The molecule has 0 unspecified atom stereocenters. The van der Waals surface area contributed by atoms with Crippen LogP contribution in [0.15, 0.2) is 24.4 Å². The SMILES string of the molecule is N#Cc1cccc2nc(I)cn12. The summed E-state index contributed by atoms with van der Waals surface area (Å²) in [6, 6.07) is 7.58. The number of hydrogen-bond acceptors (Lipinski definition) is 2. The first-order valence-electron chi connectivity index (χ1n) is 3.35. The Hall–Kier alpha value is -1.09. The third kappa shape index (κ3) is 1.06. The van der Waals surface area contributed by atoms with E-state index >= 15 is 0 Å². The Morgan fingerprint density at radius 1 is 1.50 bits per heavy atom. The molecule has 0 radical (unpaired) electrons. The zero-order chi connectivity index (χ0) is 8.55. The van der Waals surface area contributed by atoms with Crippen LogP contribution in [0.3, 0.4) is 0 Å². The Labute approximate surface area is 82.8 Å². The van der Waals surface area contributed by atoms with Crippen molar-refractivity contribution in [1.29, 1.82) is 5.26 Å². The molecule has 4 heteroatoms. The third-order valence-corrected chi connectivity index (χ3v) is 2.10. The third-order valence-electron chi connectivity index (χ3n) is 1.58. The van der Waals surface area contributed by atoms with Crippen molar-refractivity contribution in [1.82, 2.24) is 9.38 Å². The van der Waals surface area contributed by atoms with Crippen LogP contribution < -0.4 is 0 Å². The molecule has 0 aliphatic carbocycles. The average Bonchev–Trinajstić information content (AvgIpc) is 2.44. The standard InChI is InChI=1S/C8H4IN3/c9-7-5-12-6(4-10)2-1-3-8(12)11-7/h1-3,5H. The van der Waals surface area contributed by atoms with Crippen molar-refractivity contribution in [2.75, 3.05) is 0 Å². The molecule has 0 amide bonds. The van der Waals surface area contributed by atoms with E-state index in [0.717, 1.165) is 9.35 Å². The predicted molar refractivity (Wildman–Crippen MR) is 52.6 cm³/mol. The highest BCUT2D eigenvalue weighted by molar-refractivity contribution is 14.1. The van der Waals surface area contributed by atoms with Crippen LogP contribution >= 0.6 is 22.6 Å². The minimum absolute atomic E-state index is 0.614. The Kier molecular flexibility index (Phi) is 1.73. The fraction of sp³-hybridized carbons (Fsp3) is 0. The van der Waals surface area contributed by atoms with E-state index in [2.05, 4.69) is 33.6 Å². The average molecular weight is 269 g/mol. The smallest absolute Gasteiger partial charge is 0.139 e. The summed E-state index contributed by atoms with van der Waals surface area (Å²) in [7, 11) is 0. The molecular formula is C8H4IN3. The maximum absolute atomic E-state index is 8.74. The fourth-order valence-corrected chi connectivity index (χ4v) is 1.60. The summed E-state index contributed by atoms with van der Waals surface area (Å²) in [5, 5.41) is 8.74. The van der Waals surface area contributed by atoms with Crippen LogP contribution in [0.25, 0.3) is 5.65 Å². The molecular weight excluding hydrogens is 265 g/mol. The van der Waals surface area contributed by atoms with Gasteiger partial charge in [-0.2, -0.15) is 5.26 Å². The molecule has 2 heterocycles. The molecule has 0 atom stereocenters. The highest BCUT2D eigenvalue weighted by Crippen LogP contribution is 2.09. The van der Waals surface area contributed by atoms with Crippen LogP contribution in [0.2, 0.25) is 0 Å². The van der Waals surface area contributed by atoms with Gasteiger partial charge < -0.3 is 0 Å². The molecule has 0 N–H and O–H groups in total. The van der Waals surface area contributed by atoms with E-state index in [4.69, 9.17) is 5.26 Å². The fourth-order valence-electron chi connectivity index (χ4n) is 1.07. The molecule has 2 aromatic rings. The summed E-state index contributed by atoms with van der Waals surface area (Å²) >= 11 is 2.12. The Morgan fingerprint density at radius 3 is 3.08 bits per heavy atom. The monoisotopic (exact) mass is 269 g/mol. The van der Waals surface area contributed by atoms with Crippen LogP contribution in [-0.4, -0.2) is 9.38 Å². The first-order valence-corrected chi connectivity index (χ1v) is 4.43. The largest absolute Gasteiger partial charge is 0.290 e. The summed E-state index contributed by atoms with van der Waals surface area (Å²) in [6.45, 7) is 0. The van der Waals surface area contributed by atoms with E-state index in [-0.39, 0.29) is 0 Å². The van der Waals surface area contributed by atoms with Gasteiger partial charge in [-0.3, -0.25) is 4.40 Å². The first-order chi connectivity index (χ1) is 5.81. The lowest BCUT2D eigenvalue weighted by Crippen LogP contribution is -1.88. The maximum atomic E-state index is 8.74. The quantitative estimate of drug-likeness (QED) is 0.684. The number of nitriles is 1. The molecule has 2 rings (SSSR count). The minimum Gasteiger partial charge on any atom is -0.290 e. The van der Waals surface area contributed by atoms with Gasteiger partial charge in [0.25, 0.3) is 0 Å². The van der Waals surface area contributed by atoms with Crippen LogP contribution in [-0.2, 0) is 0 Å². The molecule has 0 bridgehead atoms. The molecule has 0 aliphatic heterocycles. The predicted octanol–water partition coefficient (Wildman–Crippen LogP) is 1.81. The molecule has 58 valence electrons. The number of nitrogens with zero attached hydrogens (tertiary/aromatic N) is 3. The summed E-state index contributed by atoms with van der Waals surface area (Å²) in [5.74, 6) is 0. The van der Waals surface area contributed by atoms with Crippen molar-refractivity contribution < 1.29 is 0 Å². The van der Waals surface area contributed by atoms with Crippen LogP contribution in [0, 0.1) is 15.0 Å². The van der Waals surface area contributed by atoms with Crippen molar-refractivity contribution in [2.24, 2.45) is 0 Å². The van der Waals surface area contributed by atoms with Gasteiger partial charge in [0.1, 0.15) is 21.1 Å². The second kappa shape index (κ2) is 2.75. The van der Waals surface area contributed by atoms with Gasteiger partial charge in [-0.25, -0.2) is 4.98 Å². The molecule has 0 saturated heterocycles. The molecule has 0 spiro atoms. The Balaban J connectivity index is 2.89. The van der Waals surface area contributed by atoms with Crippen LogP contribution in [0.5, 0.6) is 0 Å². The summed E-state index contributed by atoms with van der Waals surface area (Å²) in [6.07, 6.45) is 1.84. The molecule has 3 nitrogen and oxygen atoms in total. The van der Waals surface area contributed by atoms with Crippen LogP contribution in [0.4, 0.5) is 0 Å².